The Morgan fingerprint density at radius 2 is 2.00 bits per heavy atom. The Hall–Kier alpha value is -1.19. The highest BCUT2D eigenvalue weighted by Crippen LogP contribution is 2.22. The van der Waals surface area contributed by atoms with Gasteiger partial charge in [0.1, 0.15) is 6.29 Å². The lowest BCUT2D eigenvalue weighted by atomic mass is 9.83. The molecule has 3 heteroatoms. The second kappa shape index (κ2) is 5.94. The summed E-state index contributed by atoms with van der Waals surface area (Å²) in [5.74, 6) is 0. The van der Waals surface area contributed by atoms with Gasteiger partial charge >= 0.3 is 0 Å². The molecule has 1 aromatic rings. The number of nitrogens with zero attached hydrogens (tertiary/aromatic N) is 1. The molecule has 0 saturated heterocycles. The topological polar surface area (TPSA) is 40.5 Å². The fraction of sp³-hybridized carbons (Fsp3) is 0.500. The van der Waals surface area contributed by atoms with Gasteiger partial charge in [0.05, 0.1) is 11.5 Å². The minimum Gasteiger partial charge on any atom is -0.392 e. The first-order chi connectivity index (χ1) is 7.98. The molecular formula is C14H21NO2. The lowest BCUT2D eigenvalue weighted by Gasteiger charge is -2.30. The maximum Gasteiger partial charge on any atom is 0.131 e. The summed E-state index contributed by atoms with van der Waals surface area (Å²) in [6.45, 7) is 4.84. The molecule has 1 N–H and O–H groups in total. The van der Waals surface area contributed by atoms with Gasteiger partial charge in [-0.15, -0.1) is 0 Å². The first kappa shape index (κ1) is 13.9. The number of aldehydes is 1. The predicted octanol–water partition coefficient (Wildman–Crippen LogP) is 1.46. The number of aliphatic hydroxyl groups is 1. The van der Waals surface area contributed by atoms with Crippen LogP contribution in [0.15, 0.2) is 30.3 Å². The molecule has 0 amide bonds. The van der Waals surface area contributed by atoms with Crippen LogP contribution in [0.5, 0.6) is 0 Å². The summed E-state index contributed by atoms with van der Waals surface area (Å²) in [7, 11) is 1.91. The third kappa shape index (κ3) is 3.95. The van der Waals surface area contributed by atoms with Crippen LogP contribution in [0, 0.1) is 0 Å². The highest BCUT2D eigenvalue weighted by molar-refractivity contribution is 5.68. The van der Waals surface area contributed by atoms with Gasteiger partial charge in [-0.3, -0.25) is 0 Å². The molecule has 2 atom stereocenters. The molecule has 1 aromatic carbocycles. The van der Waals surface area contributed by atoms with Crippen LogP contribution in [0.3, 0.4) is 0 Å². The van der Waals surface area contributed by atoms with Crippen LogP contribution >= 0.6 is 0 Å². The standard InChI is InChI=1S/C14H21NO2/c1-12(17)9-15(3)10-14(2,11-16)13-7-5-4-6-8-13/h4-8,11-12,17H,9-10H2,1-3H3. The number of aliphatic hydroxyl groups excluding tert-OH is 1. The van der Waals surface area contributed by atoms with Gasteiger partial charge in [0.2, 0.25) is 0 Å². The van der Waals surface area contributed by atoms with E-state index in [4.69, 9.17) is 0 Å². The second-order valence-corrected chi connectivity index (χ2v) is 4.95. The molecular weight excluding hydrogens is 214 g/mol. The van der Waals surface area contributed by atoms with Crippen LogP contribution in [0.1, 0.15) is 19.4 Å². The van der Waals surface area contributed by atoms with Gasteiger partial charge in [0.25, 0.3) is 0 Å². The molecule has 0 saturated carbocycles. The van der Waals surface area contributed by atoms with Crippen molar-refractivity contribution in [2.75, 3.05) is 20.1 Å². The smallest absolute Gasteiger partial charge is 0.131 e. The van der Waals surface area contributed by atoms with Crippen molar-refractivity contribution >= 4 is 6.29 Å². The molecule has 3 nitrogen and oxygen atoms in total. The van der Waals surface area contributed by atoms with E-state index in [0.717, 1.165) is 11.8 Å². The summed E-state index contributed by atoms with van der Waals surface area (Å²) in [6.07, 6.45) is 0.604. The summed E-state index contributed by atoms with van der Waals surface area (Å²) in [5, 5.41) is 9.33. The monoisotopic (exact) mass is 235 g/mol. The van der Waals surface area contributed by atoms with E-state index in [0.29, 0.717) is 13.1 Å². The minimum absolute atomic E-state index is 0.383. The van der Waals surface area contributed by atoms with Gasteiger partial charge in [-0.1, -0.05) is 30.3 Å². The average Bonchev–Trinajstić information content (AvgIpc) is 2.29. The summed E-state index contributed by atoms with van der Waals surface area (Å²) >= 11 is 0. The predicted molar refractivity (Wildman–Crippen MR) is 69.0 cm³/mol. The summed E-state index contributed by atoms with van der Waals surface area (Å²) in [6, 6.07) is 9.74. The van der Waals surface area contributed by atoms with Crippen molar-refractivity contribution in [2.24, 2.45) is 0 Å². The molecule has 0 aromatic heterocycles. The lowest BCUT2D eigenvalue weighted by Crippen LogP contribution is -2.40. The number of carbonyl (C=O) groups is 1. The number of benzene rings is 1. The number of rotatable bonds is 6. The zero-order valence-electron chi connectivity index (χ0n) is 10.8. The van der Waals surface area contributed by atoms with Crippen molar-refractivity contribution in [1.29, 1.82) is 0 Å². The van der Waals surface area contributed by atoms with Gasteiger partial charge in [-0.25, -0.2) is 0 Å². The highest BCUT2D eigenvalue weighted by atomic mass is 16.3. The van der Waals surface area contributed by atoms with E-state index in [1.807, 2.05) is 49.2 Å². The van der Waals surface area contributed by atoms with Crippen molar-refractivity contribution in [3.05, 3.63) is 35.9 Å². The minimum atomic E-state index is -0.523. The molecule has 0 aliphatic carbocycles. The highest BCUT2D eigenvalue weighted by Gasteiger charge is 2.27. The normalized spacial score (nSPS) is 16.5. The van der Waals surface area contributed by atoms with Crippen molar-refractivity contribution in [2.45, 2.75) is 25.4 Å². The van der Waals surface area contributed by atoms with Gasteiger partial charge in [0, 0.05) is 13.1 Å². The fourth-order valence-corrected chi connectivity index (χ4v) is 2.09. The van der Waals surface area contributed by atoms with E-state index in [-0.39, 0.29) is 6.10 Å². The first-order valence-corrected chi connectivity index (χ1v) is 5.86. The molecule has 0 aliphatic rings. The molecule has 0 heterocycles. The second-order valence-electron chi connectivity index (χ2n) is 4.95. The average molecular weight is 235 g/mol. The van der Waals surface area contributed by atoms with Crippen molar-refractivity contribution in [1.82, 2.24) is 4.90 Å². The van der Waals surface area contributed by atoms with E-state index in [2.05, 4.69) is 0 Å². The molecule has 0 bridgehead atoms. The zero-order valence-corrected chi connectivity index (χ0v) is 10.8. The molecule has 0 fully saturated rings. The molecule has 17 heavy (non-hydrogen) atoms. The van der Waals surface area contributed by atoms with E-state index in [1.165, 1.54) is 0 Å². The number of likely N-dealkylation sites (N-methyl/N-ethyl adjacent to an activating group) is 1. The van der Waals surface area contributed by atoms with Crippen LogP contribution < -0.4 is 0 Å². The maximum atomic E-state index is 11.4. The number of hydrogen-bond acceptors (Lipinski definition) is 3. The molecule has 94 valence electrons. The molecule has 1 rings (SSSR count). The Morgan fingerprint density at radius 1 is 1.41 bits per heavy atom. The van der Waals surface area contributed by atoms with Gasteiger partial charge < -0.3 is 14.8 Å². The molecule has 0 radical (unpaired) electrons. The van der Waals surface area contributed by atoms with E-state index in [1.54, 1.807) is 6.92 Å². The van der Waals surface area contributed by atoms with Crippen LogP contribution in [0.25, 0.3) is 0 Å². The van der Waals surface area contributed by atoms with Crippen LogP contribution in [0.2, 0.25) is 0 Å². The number of carbonyl (C=O) groups excluding carboxylic acids is 1. The van der Waals surface area contributed by atoms with Crippen molar-refractivity contribution in [3.63, 3.8) is 0 Å². The lowest BCUT2D eigenvalue weighted by molar-refractivity contribution is -0.112. The Morgan fingerprint density at radius 3 is 2.47 bits per heavy atom. The van der Waals surface area contributed by atoms with Crippen molar-refractivity contribution in [3.8, 4) is 0 Å². The Bertz CT molecular complexity index is 350. The van der Waals surface area contributed by atoms with Crippen LogP contribution in [-0.4, -0.2) is 42.5 Å². The summed E-state index contributed by atoms with van der Waals surface area (Å²) in [5.41, 5.74) is 0.484. The molecule has 0 aliphatic heterocycles. The molecule has 2 unspecified atom stereocenters. The van der Waals surface area contributed by atoms with Crippen LogP contribution in [-0.2, 0) is 10.2 Å². The Labute approximate surface area is 103 Å². The quantitative estimate of drug-likeness (QED) is 0.759. The van der Waals surface area contributed by atoms with E-state index >= 15 is 0 Å². The van der Waals surface area contributed by atoms with Gasteiger partial charge in [-0.05, 0) is 26.5 Å². The van der Waals surface area contributed by atoms with E-state index < -0.39 is 5.41 Å². The number of hydrogen-bond donors (Lipinski definition) is 1. The van der Waals surface area contributed by atoms with Gasteiger partial charge in [0.15, 0.2) is 0 Å². The van der Waals surface area contributed by atoms with Crippen molar-refractivity contribution < 1.29 is 9.90 Å². The fourth-order valence-electron chi connectivity index (χ4n) is 2.09. The summed E-state index contributed by atoms with van der Waals surface area (Å²) in [4.78, 5) is 13.3. The van der Waals surface area contributed by atoms with E-state index in [9.17, 15) is 9.90 Å². The third-order valence-electron chi connectivity index (χ3n) is 2.87. The SMILES string of the molecule is CC(O)CN(C)CC(C)(C=O)c1ccccc1. The molecule has 0 spiro atoms. The Kier molecular flexibility index (Phi) is 4.85. The van der Waals surface area contributed by atoms with Crippen LogP contribution in [0.4, 0.5) is 0 Å². The zero-order chi connectivity index (χ0) is 12.9. The maximum absolute atomic E-state index is 11.4. The first-order valence-electron chi connectivity index (χ1n) is 5.86. The Balaban J connectivity index is 2.79. The summed E-state index contributed by atoms with van der Waals surface area (Å²) < 4.78 is 0. The third-order valence-corrected chi connectivity index (χ3v) is 2.87. The van der Waals surface area contributed by atoms with Gasteiger partial charge in [-0.2, -0.15) is 0 Å². The largest absolute Gasteiger partial charge is 0.392 e.